The van der Waals surface area contributed by atoms with E-state index in [0.29, 0.717) is 0 Å². The van der Waals surface area contributed by atoms with Crippen molar-refractivity contribution in [1.82, 2.24) is 0 Å². The van der Waals surface area contributed by atoms with Gasteiger partial charge in [-0.25, -0.2) is 0 Å². The van der Waals surface area contributed by atoms with Gasteiger partial charge in [0, 0.05) is 0 Å². The Morgan fingerprint density at radius 3 is 1.70 bits per heavy atom. The van der Waals surface area contributed by atoms with Gasteiger partial charge in [0.25, 0.3) is 0 Å². The number of hydrogen-bond donors (Lipinski definition) is 8. The van der Waals surface area contributed by atoms with Crippen LogP contribution in [0.25, 0.3) is 0 Å². The zero-order chi connectivity index (χ0) is 17.3. The summed E-state index contributed by atoms with van der Waals surface area (Å²) in [6.45, 7) is -1.25. The molecule has 10 atom stereocenters. The van der Waals surface area contributed by atoms with Gasteiger partial charge < -0.3 is 55.7 Å². The predicted octanol–water partition coefficient (Wildman–Crippen LogP) is -5.43. The van der Waals surface area contributed by atoms with Crippen LogP contribution in [0.15, 0.2) is 0 Å². The van der Waals surface area contributed by atoms with Crippen LogP contribution < -0.4 is 5.73 Å². The van der Waals surface area contributed by atoms with E-state index in [-0.39, 0.29) is 0 Å². The van der Waals surface area contributed by atoms with Crippen molar-refractivity contribution >= 4 is 0 Å². The largest absolute Gasteiger partial charge is 0.394 e. The molecule has 11 heteroatoms. The Hall–Kier alpha value is -0.440. The normalized spacial score (nSPS) is 51.7. The number of rotatable bonds is 4. The third-order valence-corrected chi connectivity index (χ3v) is 4.05. The quantitative estimate of drug-likeness (QED) is 0.243. The monoisotopic (exact) mass is 341 g/mol. The molecule has 11 nitrogen and oxygen atoms in total. The van der Waals surface area contributed by atoms with Crippen LogP contribution in [0.3, 0.4) is 0 Å². The first kappa shape index (κ1) is 18.9. The summed E-state index contributed by atoms with van der Waals surface area (Å²) in [5, 5.41) is 67.0. The minimum Gasteiger partial charge on any atom is -0.394 e. The van der Waals surface area contributed by atoms with Crippen molar-refractivity contribution in [3.63, 3.8) is 0 Å². The second-order valence-electron chi connectivity index (χ2n) is 5.62. The van der Waals surface area contributed by atoms with Crippen LogP contribution in [0.5, 0.6) is 0 Å². The Labute approximate surface area is 131 Å². The van der Waals surface area contributed by atoms with Crippen LogP contribution in [0.4, 0.5) is 0 Å². The highest BCUT2D eigenvalue weighted by molar-refractivity contribution is 4.93. The van der Waals surface area contributed by atoms with Gasteiger partial charge in [-0.2, -0.15) is 0 Å². The molecule has 23 heavy (non-hydrogen) atoms. The van der Waals surface area contributed by atoms with Crippen LogP contribution >= 0.6 is 0 Å². The highest BCUT2D eigenvalue weighted by atomic mass is 16.8. The number of nitrogens with two attached hydrogens (primary N) is 1. The molecule has 2 rings (SSSR count). The highest BCUT2D eigenvalue weighted by Gasteiger charge is 2.48. The lowest BCUT2D eigenvalue weighted by molar-refractivity contribution is -0.361. The molecule has 2 saturated heterocycles. The van der Waals surface area contributed by atoms with Gasteiger partial charge in [-0.3, -0.25) is 0 Å². The van der Waals surface area contributed by atoms with E-state index in [1.807, 2.05) is 0 Å². The molecular weight excluding hydrogens is 318 g/mol. The van der Waals surface area contributed by atoms with E-state index in [9.17, 15) is 25.5 Å². The molecule has 0 spiro atoms. The van der Waals surface area contributed by atoms with Gasteiger partial charge in [0.1, 0.15) is 42.7 Å². The van der Waals surface area contributed by atoms with E-state index < -0.39 is 74.6 Å². The molecule has 0 unspecified atom stereocenters. The molecule has 0 bridgehead atoms. The van der Waals surface area contributed by atoms with Gasteiger partial charge in [0.2, 0.25) is 0 Å². The third-order valence-electron chi connectivity index (χ3n) is 4.05. The number of aliphatic hydroxyl groups is 7. The molecule has 0 saturated carbocycles. The number of ether oxygens (including phenoxy) is 3. The molecule has 2 aliphatic heterocycles. The summed E-state index contributed by atoms with van der Waals surface area (Å²) in [6, 6.07) is -1.22. The van der Waals surface area contributed by atoms with Crippen LogP contribution in [0, 0.1) is 0 Å². The van der Waals surface area contributed by atoms with Gasteiger partial charge >= 0.3 is 0 Å². The molecule has 2 aliphatic rings. The molecule has 0 aromatic heterocycles. The maximum Gasteiger partial charge on any atom is 0.189 e. The summed E-state index contributed by atoms with van der Waals surface area (Å²) in [5.74, 6) is 0. The summed E-state index contributed by atoms with van der Waals surface area (Å²) in [4.78, 5) is 0. The first-order valence-corrected chi connectivity index (χ1v) is 7.15. The molecule has 0 radical (unpaired) electrons. The second-order valence-corrected chi connectivity index (χ2v) is 5.62. The van der Waals surface area contributed by atoms with Crippen molar-refractivity contribution < 1.29 is 50.0 Å². The van der Waals surface area contributed by atoms with E-state index in [1.54, 1.807) is 0 Å². The Bertz CT molecular complexity index is 349. The van der Waals surface area contributed by atoms with Crippen molar-refractivity contribution in [2.24, 2.45) is 5.73 Å². The van der Waals surface area contributed by atoms with Crippen LogP contribution in [-0.2, 0) is 14.2 Å². The maximum atomic E-state index is 9.88. The van der Waals surface area contributed by atoms with Crippen molar-refractivity contribution in [2.75, 3.05) is 13.2 Å². The summed E-state index contributed by atoms with van der Waals surface area (Å²) >= 11 is 0. The first-order chi connectivity index (χ1) is 10.8. The SMILES string of the molecule is N[C@H]1[C@@H](O[C@@H]2O[C@H](CO)[C@H](O)[C@H](O)[C@H]2O)O[C@H](CO)[C@@H](O)[C@@H]1O. The Morgan fingerprint density at radius 1 is 0.696 bits per heavy atom. The zero-order valence-corrected chi connectivity index (χ0v) is 12.1. The van der Waals surface area contributed by atoms with Crippen molar-refractivity contribution in [3.8, 4) is 0 Å². The zero-order valence-electron chi connectivity index (χ0n) is 12.1. The summed E-state index contributed by atoms with van der Waals surface area (Å²) in [7, 11) is 0. The lowest BCUT2D eigenvalue weighted by atomic mass is 9.97. The fourth-order valence-corrected chi connectivity index (χ4v) is 2.54. The van der Waals surface area contributed by atoms with E-state index in [2.05, 4.69) is 0 Å². The van der Waals surface area contributed by atoms with Crippen molar-refractivity contribution in [2.45, 2.75) is 61.3 Å². The molecule has 0 aliphatic carbocycles. The van der Waals surface area contributed by atoms with Gasteiger partial charge in [-0.1, -0.05) is 0 Å². The molecular formula is C12H23NO10. The minimum absolute atomic E-state index is 0.612. The lowest BCUT2D eigenvalue weighted by Gasteiger charge is -2.45. The fraction of sp³-hybridized carbons (Fsp3) is 1.00. The average Bonchev–Trinajstić information content (AvgIpc) is 2.55. The standard InChI is InChI=1S/C12H23NO10/c13-5-8(18)6(16)3(1-14)21-11(5)23-12-10(20)9(19)7(17)4(2-15)22-12/h3-12,14-20H,1-2,13H2/t3-,4-,5-,6-,7+,8-,9+,10-,11-,12+/m1/s1. The Kier molecular flexibility index (Phi) is 6.27. The van der Waals surface area contributed by atoms with Crippen molar-refractivity contribution in [1.29, 1.82) is 0 Å². The molecule has 9 N–H and O–H groups in total. The molecule has 2 heterocycles. The molecule has 136 valence electrons. The first-order valence-electron chi connectivity index (χ1n) is 7.15. The molecule has 0 amide bonds. The van der Waals surface area contributed by atoms with Crippen LogP contribution in [0.1, 0.15) is 0 Å². The lowest BCUT2D eigenvalue weighted by Crippen LogP contribution is -2.65. The van der Waals surface area contributed by atoms with Crippen LogP contribution in [-0.4, -0.2) is 110 Å². The van der Waals surface area contributed by atoms with Crippen molar-refractivity contribution in [3.05, 3.63) is 0 Å². The summed E-state index contributed by atoms with van der Waals surface area (Å²) in [5.41, 5.74) is 5.68. The van der Waals surface area contributed by atoms with E-state index in [0.717, 1.165) is 0 Å². The minimum atomic E-state index is -1.67. The van der Waals surface area contributed by atoms with E-state index in [4.69, 9.17) is 30.2 Å². The van der Waals surface area contributed by atoms with E-state index >= 15 is 0 Å². The molecule has 0 aromatic rings. The second kappa shape index (κ2) is 7.63. The third kappa shape index (κ3) is 3.65. The van der Waals surface area contributed by atoms with E-state index in [1.165, 1.54) is 0 Å². The molecule has 0 aromatic carbocycles. The fourth-order valence-electron chi connectivity index (χ4n) is 2.54. The van der Waals surface area contributed by atoms with Gasteiger partial charge in [0.15, 0.2) is 12.6 Å². The summed E-state index contributed by atoms with van der Waals surface area (Å²) in [6.07, 6.45) is -13.0. The van der Waals surface area contributed by atoms with Crippen LogP contribution in [0.2, 0.25) is 0 Å². The van der Waals surface area contributed by atoms with Gasteiger partial charge in [0.05, 0.1) is 19.3 Å². The highest BCUT2D eigenvalue weighted by Crippen LogP contribution is 2.27. The smallest absolute Gasteiger partial charge is 0.189 e. The topological polar surface area (TPSA) is 195 Å². The Balaban J connectivity index is 2.07. The summed E-state index contributed by atoms with van der Waals surface area (Å²) < 4.78 is 15.6. The average molecular weight is 341 g/mol. The maximum absolute atomic E-state index is 9.88. The number of hydrogen-bond acceptors (Lipinski definition) is 11. The number of aliphatic hydroxyl groups excluding tert-OH is 7. The van der Waals surface area contributed by atoms with Gasteiger partial charge in [-0.05, 0) is 0 Å². The van der Waals surface area contributed by atoms with Gasteiger partial charge in [-0.15, -0.1) is 0 Å². The Morgan fingerprint density at radius 2 is 1.17 bits per heavy atom. The predicted molar refractivity (Wildman–Crippen MR) is 70.6 cm³/mol. The molecule has 2 fully saturated rings.